The van der Waals surface area contributed by atoms with Crippen LogP contribution in [-0.4, -0.2) is 11.5 Å². The lowest BCUT2D eigenvalue weighted by molar-refractivity contribution is 0.288. The second-order valence-corrected chi connectivity index (χ2v) is 7.79. The van der Waals surface area contributed by atoms with Crippen LogP contribution in [0.1, 0.15) is 89.3 Å². The Balaban J connectivity index is 2.19. The molecule has 0 saturated heterocycles. The van der Waals surface area contributed by atoms with Crippen molar-refractivity contribution in [3.05, 3.63) is 16.1 Å². The molecule has 0 aromatic carbocycles. The molecule has 2 unspecified atom stereocenters. The Morgan fingerprint density at radius 2 is 2.14 bits per heavy atom. The van der Waals surface area contributed by atoms with Crippen molar-refractivity contribution >= 4 is 11.3 Å². The second-order valence-electron chi connectivity index (χ2n) is 6.93. The molecule has 0 spiro atoms. The van der Waals surface area contributed by atoms with E-state index in [2.05, 4.69) is 38.4 Å². The molecular weight excluding hydrogens is 276 g/mol. The van der Waals surface area contributed by atoms with E-state index in [-0.39, 0.29) is 5.54 Å². The summed E-state index contributed by atoms with van der Waals surface area (Å²) >= 11 is 1.87. The Morgan fingerprint density at radius 1 is 1.33 bits per heavy atom. The van der Waals surface area contributed by atoms with Crippen molar-refractivity contribution in [1.29, 1.82) is 0 Å². The zero-order valence-electron chi connectivity index (χ0n) is 14.2. The first-order valence-electron chi connectivity index (χ1n) is 8.82. The monoisotopic (exact) mass is 308 g/mol. The first-order chi connectivity index (χ1) is 10.1. The lowest BCUT2D eigenvalue weighted by atomic mass is 9.89. The fourth-order valence-electron chi connectivity index (χ4n) is 3.69. The Bertz CT molecular complexity index is 427. The summed E-state index contributed by atoms with van der Waals surface area (Å²) in [6.07, 6.45) is 9.35. The van der Waals surface area contributed by atoms with E-state index in [0.29, 0.717) is 5.92 Å². The molecule has 0 radical (unpaired) electrons. The molecular formula is C18H32N2S. The number of hydrogen-bond acceptors (Lipinski definition) is 3. The molecule has 1 N–H and O–H groups in total. The molecule has 0 bridgehead atoms. The fourth-order valence-corrected chi connectivity index (χ4v) is 4.90. The normalized spacial score (nSPS) is 27.0. The summed E-state index contributed by atoms with van der Waals surface area (Å²) in [6.45, 7) is 10.1. The zero-order chi connectivity index (χ0) is 15.3. The van der Waals surface area contributed by atoms with Gasteiger partial charge in [-0.2, -0.15) is 0 Å². The van der Waals surface area contributed by atoms with Gasteiger partial charge in [-0.05, 0) is 37.6 Å². The summed E-state index contributed by atoms with van der Waals surface area (Å²) in [6, 6.07) is 0. The third kappa shape index (κ3) is 4.07. The SMILES string of the molecule is CCCC1CCCC(NCC)(c2nc(C(C)C)cs2)CC1. The molecule has 0 aliphatic heterocycles. The van der Waals surface area contributed by atoms with Gasteiger partial charge < -0.3 is 5.32 Å². The summed E-state index contributed by atoms with van der Waals surface area (Å²) in [5, 5.41) is 7.43. The molecule has 1 aromatic heterocycles. The molecule has 1 aliphatic rings. The van der Waals surface area contributed by atoms with Crippen molar-refractivity contribution in [3.63, 3.8) is 0 Å². The van der Waals surface area contributed by atoms with Crippen molar-refractivity contribution in [2.24, 2.45) is 5.92 Å². The van der Waals surface area contributed by atoms with Crippen LogP contribution in [-0.2, 0) is 5.54 Å². The maximum absolute atomic E-state index is 4.99. The van der Waals surface area contributed by atoms with Crippen LogP contribution >= 0.6 is 11.3 Å². The quantitative estimate of drug-likeness (QED) is 0.707. The van der Waals surface area contributed by atoms with E-state index in [1.165, 1.54) is 55.6 Å². The largest absolute Gasteiger partial charge is 0.306 e. The maximum atomic E-state index is 4.99. The fraction of sp³-hybridized carbons (Fsp3) is 0.833. The molecule has 1 aromatic rings. The van der Waals surface area contributed by atoms with Gasteiger partial charge in [0.15, 0.2) is 0 Å². The van der Waals surface area contributed by atoms with E-state index in [9.17, 15) is 0 Å². The van der Waals surface area contributed by atoms with Gasteiger partial charge >= 0.3 is 0 Å². The molecule has 21 heavy (non-hydrogen) atoms. The van der Waals surface area contributed by atoms with Gasteiger partial charge in [-0.3, -0.25) is 0 Å². The van der Waals surface area contributed by atoms with Crippen LogP contribution in [0.3, 0.4) is 0 Å². The summed E-state index contributed by atoms with van der Waals surface area (Å²) in [5.41, 5.74) is 1.41. The number of nitrogens with one attached hydrogen (secondary N) is 1. The number of rotatable bonds is 6. The smallest absolute Gasteiger partial charge is 0.113 e. The van der Waals surface area contributed by atoms with E-state index in [4.69, 9.17) is 4.98 Å². The Hall–Kier alpha value is -0.410. The third-order valence-corrected chi connectivity index (χ3v) is 5.99. The van der Waals surface area contributed by atoms with E-state index in [1.807, 2.05) is 11.3 Å². The molecule has 3 heteroatoms. The highest BCUT2D eigenvalue weighted by molar-refractivity contribution is 7.09. The minimum atomic E-state index is 0.148. The Kier molecular flexibility index (Phi) is 6.24. The van der Waals surface area contributed by atoms with Gasteiger partial charge in [-0.15, -0.1) is 11.3 Å². The van der Waals surface area contributed by atoms with E-state index in [0.717, 1.165) is 12.5 Å². The number of aromatic nitrogens is 1. The van der Waals surface area contributed by atoms with Gasteiger partial charge in [0.05, 0.1) is 11.2 Å². The first kappa shape index (κ1) is 17.0. The van der Waals surface area contributed by atoms with Crippen LogP contribution in [0.5, 0.6) is 0 Å². The van der Waals surface area contributed by atoms with Crippen LogP contribution in [0.15, 0.2) is 5.38 Å². The van der Waals surface area contributed by atoms with Crippen LogP contribution in [0.4, 0.5) is 0 Å². The van der Waals surface area contributed by atoms with Crippen molar-refractivity contribution in [3.8, 4) is 0 Å². The number of thiazole rings is 1. The predicted molar refractivity (Wildman–Crippen MR) is 93.0 cm³/mol. The highest BCUT2D eigenvalue weighted by Crippen LogP contribution is 2.40. The van der Waals surface area contributed by atoms with Crippen molar-refractivity contribution in [2.45, 2.75) is 84.1 Å². The van der Waals surface area contributed by atoms with Crippen LogP contribution < -0.4 is 5.32 Å². The van der Waals surface area contributed by atoms with Crippen molar-refractivity contribution in [2.75, 3.05) is 6.54 Å². The van der Waals surface area contributed by atoms with Gasteiger partial charge in [-0.25, -0.2) is 4.98 Å². The molecule has 1 fully saturated rings. The average Bonchev–Trinajstić information content (AvgIpc) is 2.87. The first-order valence-corrected chi connectivity index (χ1v) is 9.70. The predicted octanol–water partition coefficient (Wildman–Crippen LogP) is 5.45. The molecule has 1 saturated carbocycles. The van der Waals surface area contributed by atoms with Gasteiger partial charge in [0.25, 0.3) is 0 Å². The maximum Gasteiger partial charge on any atom is 0.113 e. The van der Waals surface area contributed by atoms with Crippen LogP contribution in [0.25, 0.3) is 0 Å². The molecule has 1 aliphatic carbocycles. The van der Waals surface area contributed by atoms with Gasteiger partial charge in [0.1, 0.15) is 5.01 Å². The number of hydrogen-bond donors (Lipinski definition) is 1. The highest BCUT2D eigenvalue weighted by Gasteiger charge is 2.36. The Morgan fingerprint density at radius 3 is 2.76 bits per heavy atom. The van der Waals surface area contributed by atoms with Gasteiger partial charge in [0, 0.05) is 5.38 Å². The molecule has 1 heterocycles. The minimum absolute atomic E-state index is 0.148. The summed E-state index contributed by atoms with van der Waals surface area (Å²) in [7, 11) is 0. The highest BCUT2D eigenvalue weighted by atomic mass is 32.1. The number of nitrogens with zero attached hydrogens (tertiary/aromatic N) is 1. The average molecular weight is 309 g/mol. The molecule has 2 atom stereocenters. The van der Waals surface area contributed by atoms with Crippen LogP contribution in [0.2, 0.25) is 0 Å². The topological polar surface area (TPSA) is 24.9 Å². The summed E-state index contributed by atoms with van der Waals surface area (Å²) in [5.74, 6) is 1.47. The second kappa shape index (κ2) is 7.73. The van der Waals surface area contributed by atoms with E-state index < -0.39 is 0 Å². The van der Waals surface area contributed by atoms with Crippen molar-refractivity contribution < 1.29 is 0 Å². The van der Waals surface area contributed by atoms with Crippen molar-refractivity contribution in [1.82, 2.24) is 10.3 Å². The summed E-state index contributed by atoms with van der Waals surface area (Å²) in [4.78, 5) is 4.99. The van der Waals surface area contributed by atoms with E-state index in [1.54, 1.807) is 0 Å². The van der Waals surface area contributed by atoms with E-state index >= 15 is 0 Å². The lowest BCUT2D eigenvalue weighted by Gasteiger charge is -2.32. The minimum Gasteiger partial charge on any atom is -0.306 e. The summed E-state index contributed by atoms with van der Waals surface area (Å²) < 4.78 is 0. The zero-order valence-corrected chi connectivity index (χ0v) is 15.1. The molecule has 2 nitrogen and oxygen atoms in total. The van der Waals surface area contributed by atoms with Crippen LogP contribution in [0, 0.1) is 5.92 Å². The Labute approximate surface area is 134 Å². The third-order valence-electron chi connectivity index (χ3n) is 4.93. The van der Waals surface area contributed by atoms with Gasteiger partial charge in [0.2, 0.25) is 0 Å². The molecule has 2 rings (SSSR count). The lowest BCUT2D eigenvalue weighted by Crippen LogP contribution is -2.42. The standard InChI is InChI=1S/C18H32N2S/c1-5-8-15-9-7-11-18(12-10-15,19-6-2)17-20-16(13-21-17)14(3)4/h13-15,19H,5-12H2,1-4H3. The molecule has 120 valence electrons. The molecule has 0 amide bonds. The van der Waals surface area contributed by atoms with Gasteiger partial charge in [-0.1, -0.05) is 53.4 Å².